The van der Waals surface area contributed by atoms with Crippen molar-refractivity contribution in [1.29, 1.82) is 0 Å². The molecular weight excluding hydrogens is 363 g/mol. The molecule has 0 aliphatic rings. The van der Waals surface area contributed by atoms with Crippen LogP contribution < -0.4 is 20.1 Å². The van der Waals surface area contributed by atoms with Crippen molar-refractivity contribution in [3.8, 4) is 11.5 Å². The van der Waals surface area contributed by atoms with Crippen molar-refractivity contribution in [2.75, 3.05) is 0 Å². The number of carbonyl (C=O) groups excluding carboxylic acids is 1. The number of hydrogen-bond donors (Lipinski definition) is 2. The van der Waals surface area contributed by atoms with Gasteiger partial charge in [-0.05, 0) is 37.1 Å². The van der Waals surface area contributed by atoms with Gasteiger partial charge in [-0.3, -0.25) is 4.79 Å². The molecule has 0 saturated heterocycles. The van der Waals surface area contributed by atoms with Gasteiger partial charge in [-0.15, -0.1) is 0 Å². The molecule has 6 nitrogen and oxygen atoms in total. The summed E-state index contributed by atoms with van der Waals surface area (Å²) in [6.07, 6.45) is 0.766. The molecule has 2 aromatic rings. The van der Waals surface area contributed by atoms with E-state index in [2.05, 4.69) is 5.32 Å². The van der Waals surface area contributed by atoms with Gasteiger partial charge in [0.1, 0.15) is 11.5 Å². The van der Waals surface area contributed by atoms with Gasteiger partial charge in [-0.1, -0.05) is 56.7 Å². The Morgan fingerprint density at radius 3 is 1.85 bits per heavy atom. The third-order valence-corrected chi connectivity index (χ3v) is 6.35. The fourth-order valence-corrected chi connectivity index (χ4v) is 3.80. The highest BCUT2D eigenvalue weighted by atomic mass is 31.2. The van der Waals surface area contributed by atoms with E-state index in [0.717, 1.165) is 6.42 Å². The van der Waals surface area contributed by atoms with Gasteiger partial charge in [-0.2, -0.15) is 0 Å². The van der Waals surface area contributed by atoms with Crippen molar-refractivity contribution in [3.63, 3.8) is 0 Å². The Hall–Kier alpha value is -2.30. The first-order valence-corrected chi connectivity index (χ1v) is 10.6. The van der Waals surface area contributed by atoms with Crippen molar-refractivity contribution >= 4 is 13.5 Å². The lowest BCUT2D eigenvalue weighted by atomic mass is 9.99. The maximum Gasteiger partial charge on any atom is 0.452 e. The van der Waals surface area contributed by atoms with Crippen molar-refractivity contribution in [2.24, 2.45) is 11.7 Å². The number of benzene rings is 2. The molecule has 0 radical (unpaired) electrons. The average Bonchev–Trinajstić information content (AvgIpc) is 2.68. The Morgan fingerprint density at radius 2 is 1.44 bits per heavy atom. The number of hydrogen-bond acceptors (Lipinski definition) is 5. The molecule has 0 fully saturated rings. The van der Waals surface area contributed by atoms with E-state index in [1.54, 1.807) is 55.5 Å². The van der Waals surface area contributed by atoms with Gasteiger partial charge < -0.3 is 20.1 Å². The van der Waals surface area contributed by atoms with Gasteiger partial charge in [-0.25, -0.2) is 4.57 Å². The van der Waals surface area contributed by atoms with Crippen LogP contribution in [-0.4, -0.2) is 17.7 Å². The number of para-hydroxylation sites is 2. The van der Waals surface area contributed by atoms with Gasteiger partial charge >= 0.3 is 7.60 Å². The van der Waals surface area contributed by atoms with E-state index in [1.165, 1.54) is 0 Å². The highest BCUT2D eigenvalue weighted by molar-refractivity contribution is 7.55. The van der Waals surface area contributed by atoms with Gasteiger partial charge in [0.15, 0.2) is 5.78 Å². The summed E-state index contributed by atoms with van der Waals surface area (Å²) < 4.78 is 25.0. The molecule has 0 aliphatic heterocycles. The van der Waals surface area contributed by atoms with Gasteiger partial charge in [0.05, 0.1) is 6.04 Å². The normalized spacial score (nSPS) is 14.7. The number of amides is 1. The van der Waals surface area contributed by atoms with Crippen LogP contribution in [0.5, 0.6) is 11.5 Å². The molecule has 146 valence electrons. The van der Waals surface area contributed by atoms with E-state index >= 15 is 0 Å². The lowest BCUT2D eigenvalue weighted by molar-refractivity contribution is -0.123. The fraction of sp³-hybridized carbons (Fsp3) is 0.350. The summed E-state index contributed by atoms with van der Waals surface area (Å²) in [6, 6.07) is 16.8. The number of nitrogens with one attached hydrogen (secondary N) is 1. The summed E-state index contributed by atoms with van der Waals surface area (Å²) in [7, 11) is -3.77. The number of carbonyl (C=O) groups is 1. The van der Waals surface area contributed by atoms with Gasteiger partial charge in [0, 0.05) is 0 Å². The first kappa shape index (κ1) is 21.0. The molecule has 2 aromatic carbocycles. The minimum Gasteiger partial charge on any atom is -0.415 e. The summed E-state index contributed by atoms with van der Waals surface area (Å²) in [4.78, 5) is 12.4. The third kappa shape index (κ3) is 5.84. The molecule has 0 bridgehead atoms. The van der Waals surface area contributed by atoms with Crippen LogP contribution in [0.4, 0.5) is 0 Å². The molecule has 0 aliphatic carbocycles. The molecule has 0 aromatic heterocycles. The lowest BCUT2D eigenvalue weighted by Gasteiger charge is -2.27. The van der Waals surface area contributed by atoms with Gasteiger partial charge in [0.25, 0.3) is 0 Å². The van der Waals surface area contributed by atoms with Crippen LogP contribution >= 0.6 is 7.60 Å². The maximum atomic E-state index is 13.5. The van der Waals surface area contributed by atoms with E-state index in [0.29, 0.717) is 11.5 Å². The summed E-state index contributed by atoms with van der Waals surface area (Å²) in [5.74, 6) is -0.485. The standard InChI is InChI=1S/C20H27N2O4P/c1-4-15(2)19(21)20(23)22-16(3)27(24,25-17-11-7-5-8-12-17)26-18-13-9-6-10-14-18/h5-16,19H,4,21H2,1-3H3,(H,22,23)/t15-,16?,19-/m0/s1. The zero-order valence-electron chi connectivity index (χ0n) is 15.9. The first-order chi connectivity index (χ1) is 12.9. The monoisotopic (exact) mass is 390 g/mol. The van der Waals surface area contributed by atoms with E-state index in [9.17, 15) is 9.36 Å². The van der Waals surface area contributed by atoms with Crippen LogP contribution in [0.15, 0.2) is 60.7 Å². The molecule has 0 heterocycles. The van der Waals surface area contributed by atoms with Crippen LogP contribution in [0, 0.1) is 5.92 Å². The second kappa shape index (κ2) is 9.58. The first-order valence-electron chi connectivity index (χ1n) is 9.00. The fourth-order valence-electron chi connectivity index (χ4n) is 2.33. The molecule has 0 saturated carbocycles. The smallest absolute Gasteiger partial charge is 0.415 e. The molecule has 2 rings (SSSR count). The van der Waals surface area contributed by atoms with E-state index < -0.39 is 19.4 Å². The van der Waals surface area contributed by atoms with E-state index in [4.69, 9.17) is 14.8 Å². The second-order valence-corrected chi connectivity index (χ2v) is 8.66. The number of rotatable bonds is 9. The van der Waals surface area contributed by atoms with Crippen molar-refractivity contribution in [3.05, 3.63) is 60.7 Å². The summed E-state index contributed by atoms with van der Waals surface area (Å²) in [5, 5.41) is 2.70. The predicted molar refractivity (Wildman–Crippen MR) is 107 cm³/mol. The Morgan fingerprint density at radius 1 is 1.00 bits per heavy atom. The Labute approximate surface area is 160 Å². The largest absolute Gasteiger partial charge is 0.452 e. The highest BCUT2D eigenvalue weighted by Gasteiger charge is 2.38. The van der Waals surface area contributed by atoms with Crippen molar-refractivity contribution in [1.82, 2.24) is 5.32 Å². The second-order valence-electron chi connectivity index (χ2n) is 6.44. The van der Waals surface area contributed by atoms with Crippen LogP contribution in [0.25, 0.3) is 0 Å². The van der Waals surface area contributed by atoms with E-state index in [1.807, 2.05) is 26.0 Å². The van der Waals surface area contributed by atoms with Crippen LogP contribution in [0.1, 0.15) is 27.2 Å². The quantitative estimate of drug-likeness (QED) is 0.627. The third-order valence-electron chi connectivity index (χ3n) is 4.34. The van der Waals surface area contributed by atoms with Crippen LogP contribution in [0.2, 0.25) is 0 Å². The predicted octanol–water partition coefficient (Wildman–Crippen LogP) is 4.17. The zero-order chi connectivity index (χ0) is 19.9. The SMILES string of the molecule is CC[C@H](C)[C@H](N)C(=O)NC(C)P(=O)(Oc1ccccc1)Oc1ccccc1. The van der Waals surface area contributed by atoms with Crippen molar-refractivity contribution in [2.45, 2.75) is 39.0 Å². The molecule has 27 heavy (non-hydrogen) atoms. The zero-order valence-corrected chi connectivity index (χ0v) is 16.8. The molecule has 3 atom stereocenters. The molecule has 1 amide bonds. The molecule has 7 heteroatoms. The molecular formula is C20H27N2O4P. The van der Waals surface area contributed by atoms with Crippen LogP contribution in [0.3, 0.4) is 0 Å². The lowest BCUT2D eigenvalue weighted by Crippen LogP contribution is -2.48. The topological polar surface area (TPSA) is 90.7 Å². The van der Waals surface area contributed by atoms with Crippen molar-refractivity contribution < 1.29 is 18.4 Å². The molecule has 0 spiro atoms. The molecule has 1 unspecified atom stereocenters. The Bertz CT molecular complexity index is 725. The Kier molecular flexibility index (Phi) is 7.45. The highest BCUT2D eigenvalue weighted by Crippen LogP contribution is 2.51. The van der Waals surface area contributed by atoms with E-state index in [-0.39, 0.29) is 11.8 Å². The molecule has 3 N–H and O–H groups in total. The number of nitrogens with two attached hydrogens (primary N) is 1. The summed E-state index contributed by atoms with van der Waals surface area (Å²) >= 11 is 0. The van der Waals surface area contributed by atoms with Gasteiger partial charge in [0.2, 0.25) is 5.91 Å². The minimum absolute atomic E-state index is 0.00155. The Balaban J connectivity index is 2.22. The minimum atomic E-state index is -3.77. The summed E-state index contributed by atoms with van der Waals surface area (Å²) in [5.41, 5.74) is 5.98. The van der Waals surface area contributed by atoms with Crippen LogP contribution in [-0.2, 0) is 9.36 Å². The summed E-state index contributed by atoms with van der Waals surface area (Å²) in [6.45, 7) is 5.45. The average molecular weight is 390 g/mol. The maximum absolute atomic E-state index is 13.5.